The van der Waals surface area contributed by atoms with Crippen molar-refractivity contribution in [3.63, 3.8) is 0 Å². The number of rotatable bonds is 7. The highest BCUT2D eigenvalue weighted by Crippen LogP contribution is 2.37. The molecule has 0 heterocycles. The van der Waals surface area contributed by atoms with Gasteiger partial charge in [-0.25, -0.2) is 13.2 Å². The number of unbranched alkanes of at least 4 members (excludes halogenated alkanes) is 4. The van der Waals surface area contributed by atoms with Crippen molar-refractivity contribution < 1.29 is 13.2 Å². The van der Waals surface area contributed by atoms with Crippen molar-refractivity contribution in [1.82, 2.24) is 0 Å². The average molecular weight is 409 g/mol. The summed E-state index contributed by atoms with van der Waals surface area (Å²) in [6, 6.07) is 14.8. The zero-order chi connectivity index (χ0) is 21.1. The lowest BCUT2D eigenvalue weighted by atomic mass is 9.83. The third-order valence-corrected chi connectivity index (χ3v) is 6.11. The Morgan fingerprint density at radius 2 is 1.30 bits per heavy atom. The minimum atomic E-state index is -1.42. The molecule has 0 saturated carbocycles. The molecule has 1 aliphatic rings. The van der Waals surface area contributed by atoms with Crippen LogP contribution < -0.4 is 0 Å². The van der Waals surface area contributed by atoms with Crippen molar-refractivity contribution in [1.29, 1.82) is 0 Å². The molecule has 0 N–H and O–H groups in total. The average Bonchev–Trinajstić information content (AvgIpc) is 2.76. The smallest absolute Gasteiger partial charge is 0.194 e. The molecule has 3 aromatic carbocycles. The van der Waals surface area contributed by atoms with E-state index < -0.39 is 17.5 Å². The zero-order valence-corrected chi connectivity index (χ0v) is 17.4. The largest absolute Gasteiger partial charge is 0.204 e. The van der Waals surface area contributed by atoms with Crippen LogP contribution >= 0.6 is 0 Å². The van der Waals surface area contributed by atoms with Gasteiger partial charge in [-0.15, -0.1) is 0 Å². The van der Waals surface area contributed by atoms with E-state index in [0.717, 1.165) is 37.0 Å². The van der Waals surface area contributed by atoms with Crippen molar-refractivity contribution in [2.24, 2.45) is 0 Å². The fourth-order valence-electron chi connectivity index (χ4n) is 4.44. The van der Waals surface area contributed by atoms with E-state index in [-0.39, 0.29) is 0 Å². The summed E-state index contributed by atoms with van der Waals surface area (Å²) in [6.45, 7) is 2.24. The van der Waals surface area contributed by atoms with Gasteiger partial charge in [0.2, 0.25) is 0 Å². The van der Waals surface area contributed by atoms with Crippen LogP contribution in [0.1, 0.15) is 55.7 Å². The minimum Gasteiger partial charge on any atom is -0.204 e. The molecule has 0 aromatic heterocycles. The lowest BCUT2D eigenvalue weighted by Gasteiger charge is -2.22. The van der Waals surface area contributed by atoms with Crippen LogP contribution in [0.15, 0.2) is 48.5 Å². The van der Waals surface area contributed by atoms with E-state index in [9.17, 15) is 13.2 Å². The molecule has 156 valence electrons. The van der Waals surface area contributed by atoms with E-state index >= 15 is 0 Å². The topological polar surface area (TPSA) is 0 Å². The number of aryl methyl sites for hydroxylation is 3. The monoisotopic (exact) mass is 408 g/mol. The van der Waals surface area contributed by atoms with E-state index in [0.29, 0.717) is 11.1 Å². The molecule has 0 aliphatic heterocycles. The Morgan fingerprint density at radius 3 is 2.00 bits per heavy atom. The molecule has 0 fully saturated rings. The number of fused-ring (bicyclic) bond motifs is 3. The molecule has 0 atom stereocenters. The van der Waals surface area contributed by atoms with Crippen LogP contribution in [-0.4, -0.2) is 0 Å². The lowest BCUT2D eigenvalue weighted by molar-refractivity contribution is 0.447. The predicted molar refractivity (Wildman–Crippen MR) is 117 cm³/mol. The van der Waals surface area contributed by atoms with Gasteiger partial charge in [-0.2, -0.15) is 0 Å². The van der Waals surface area contributed by atoms with Crippen molar-refractivity contribution in [3.05, 3.63) is 82.7 Å². The fraction of sp³-hybridized carbons (Fsp3) is 0.333. The molecule has 0 unspecified atom stereocenters. The third kappa shape index (κ3) is 4.30. The summed E-state index contributed by atoms with van der Waals surface area (Å²) in [5.74, 6) is -3.74. The van der Waals surface area contributed by atoms with Crippen molar-refractivity contribution >= 4 is 0 Å². The van der Waals surface area contributed by atoms with E-state index in [1.54, 1.807) is 0 Å². The highest BCUT2D eigenvalue weighted by molar-refractivity contribution is 5.77. The Hall–Kier alpha value is -2.55. The van der Waals surface area contributed by atoms with E-state index in [4.69, 9.17) is 0 Å². The lowest BCUT2D eigenvalue weighted by Crippen LogP contribution is -2.05. The second-order valence-electron chi connectivity index (χ2n) is 8.28. The molecule has 4 rings (SSSR count). The van der Waals surface area contributed by atoms with Crippen LogP contribution in [0.5, 0.6) is 0 Å². The summed E-state index contributed by atoms with van der Waals surface area (Å²) >= 11 is 0. The summed E-state index contributed by atoms with van der Waals surface area (Å²) < 4.78 is 40.5. The van der Waals surface area contributed by atoms with E-state index in [2.05, 4.69) is 25.1 Å². The Kier molecular flexibility index (Phi) is 6.26. The molecule has 0 radical (unpaired) electrons. The Morgan fingerprint density at radius 1 is 0.667 bits per heavy atom. The standard InChI is InChI=1S/C27H27F3/c1-2-3-4-5-6-7-18-8-12-23-20(14-18)9-10-21-15-19(11-13-24(21)23)22-16-25(28)27(30)26(29)17-22/h8,11-17H,2-7,9-10H2,1H3. The SMILES string of the molecule is CCCCCCCc1ccc2c(c1)CCc1cc(-c3cc(F)c(F)c(F)c3)ccc1-2. The van der Waals surface area contributed by atoms with Gasteiger partial charge in [-0.3, -0.25) is 0 Å². The van der Waals surface area contributed by atoms with E-state index in [1.807, 2.05) is 18.2 Å². The molecule has 3 aromatic rings. The van der Waals surface area contributed by atoms with E-state index in [1.165, 1.54) is 54.4 Å². The summed E-state index contributed by atoms with van der Waals surface area (Å²) in [6.07, 6.45) is 9.42. The number of benzene rings is 3. The maximum Gasteiger partial charge on any atom is 0.194 e. The zero-order valence-electron chi connectivity index (χ0n) is 17.4. The number of hydrogen-bond donors (Lipinski definition) is 0. The van der Waals surface area contributed by atoms with Crippen molar-refractivity contribution in [2.75, 3.05) is 0 Å². The summed E-state index contributed by atoms with van der Waals surface area (Å²) in [7, 11) is 0. The van der Waals surface area contributed by atoms with Crippen molar-refractivity contribution in [2.45, 2.75) is 58.3 Å². The minimum absolute atomic E-state index is 0.360. The van der Waals surface area contributed by atoms with Gasteiger partial charge in [0.25, 0.3) is 0 Å². The van der Waals surface area contributed by atoms with Gasteiger partial charge in [0.05, 0.1) is 0 Å². The summed E-state index contributed by atoms with van der Waals surface area (Å²) in [5.41, 5.74) is 7.43. The third-order valence-electron chi connectivity index (χ3n) is 6.11. The molecule has 0 bridgehead atoms. The van der Waals surface area contributed by atoms with Crippen LogP contribution in [0.2, 0.25) is 0 Å². The fourth-order valence-corrected chi connectivity index (χ4v) is 4.44. The highest BCUT2D eigenvalue weighted by Gasteiger charge is 2.18. The van der Waals surface area contributed by atoms with Gasteiger partial charge in [-0.05, 0) is 76.8 Å². The first-order valence-electron chi connectivity index (χ1n) is 11.0. The van der Waals surface area contributed by atoms with Gasteiger partial charge in [0, 0.05) is 0 Å². The van der Waals surface area contributed by atoms with Gasteiger partial charge in [0.15, 0.2) is 17.5 Å². The first-order chi connectivity index (χ1) is 14.6. The maximum absolute atomic E-state index is 13.6. The van der Waals surface area contributed by atoms with Crippen LogP contribution in [0.3, 0.4) is 0 Å². The van der Waals surface area contributed by atoms with Crippen molar-refractivity contribution in [3.8, 4) is 22.3 Å². The van der Waals surface area contributed by atoms with Gasteiger partial charge >= 0.3 is 0 Å². The Bertz CT molecular complexity index is 1030. The molecule has 0 nitrogen and oxygen atoms in total. The second-order valence-corrected chi connectivity index (χ2v) is 8.28. The molecule has 0 saturated heterocycles. The summed E-state index contributed by atoms with van der Waals surface area (Å²) in [5, 5.41) is 0. The first-order valence-corrected chi connectivity index (χ1v) is 11.0. The molecule has 0 spiro atoms. The molecular weight excluding hydrogens is 381 g/mol. The molecule has 3 heteroatoms. The molecular formula is C27H27F3. The molecule has 1 aliphatic carbocycles. The van der Waals surface area contributed by atoms with Gasteiger partial charge in [-0.1, -0.05) is 69.0 Å². The number of hydrogen-bond acceptors (Lipinski definition) is 0. The predicted octanol–water partition coefficient (Wildman–Crippen LogP) is 8.05. The Balaban J connectivity index is 1.55. The summed E-state index contributed by atoms with van der Waals surface area (Å²) in [4.78, 5) is 0. The van der Waals surface area contributed by atoms with Crippen LogP contribution in [-0.2, 0) is 19.3 Å². The quantitative estimate of drug-likeness (QED) is 0.274. The highest BCUT2D eigenvalue weighted by atomic mass is 19.2. The maximum atomic E-state index is 13.6. The van der Waals surface area contributed by atoms with Crippen LogP contribution in [0.4, 0.5) is 13.2 Å². The second kappa shape index (κ2) is 9.07. The van der Waals surface area contributed by atoms with Gasteiger partial charge < -0.3 is 0 Å². The number of halogens is 3. The first kappa shape index (κ1) is 20.7. The molecule has 0 amide bonds. The Labute approximate surface area is 176 Å². The van der Waals surface area contributed by atoms with Crippen LogP contribution in [0.25, 0.3) is 22.3 Å². The molecule has 30 heavy (non-hydrogen) atoms. The normalized spacial score (nSPS) is 12.5. The van der Waals surface area contributed by atoms with Gasteiger partial charge in [0.1, 0.15) is 0 Å². The van der Waals surface area contributed by atoms with Crippen LogP contribution in [0, 0.1) is 17.5 Å².